The van der Waals surface area contributed by atoms with Crippen molar-refractivity contribution >= 4 is 5.78 Å². The fourth-order valence-electron chi connectivity index (χ4n) is 2.56. The highest BCUT2D eigenvalue weighted by Gasteiger charge is 2.46. The topological polar surface area (TPSA) is 46.5 Å². The lowest BCUT2D eigenvalue weighted by Crippen LogP contribution is -2.36. The zero-order chi connectivity index (χ0) is 15.5. The Hall–Kier alpha value is -1.87. The molecule has 2 rings (SSSR count). The maximum absolute atomic E-state index is 12.5. The van der Waals surface area contributed by atoms with E-state index in [9.17, 15) is 9.90 Å². The van der Waals surface area contributed by atoms with Crippen LogP contribution in [0.3, 0.4) is 0 Å². The molecule has 3 nitrogen and oxygen atoms in total. The van der Waals surface area contributed by atoms with E-state index in [1.165, 1.54) is 0 Å². The van der Waals surface area contributed by atoms with Gasteiger partial charge in [-0.1, -0.05) is 50.3 Å². The number of benzene rings is 1. The van der Waals surface area contributed by atoms with Crippen LogP contribution in [0.5, 0.6) is 0 Å². The third kappa shape index (κ3) is 2.93. The number of carbonyl (C=O) groups is 1. The van der Waals surface area contributed by atoms with Crippen molar-refractivity contribution in [2.45, 2.75) is 45.8 Å². The minimum atomic E-state index is -1.71. The molecule has 1 heterocycles. The molecule has 0 aromatic heterocycles. The summed E-state index contributed by atoms with van der Waals surface area (Å²) < 4.78 is 5.66. The van der Waals surface area contributed by atoms with Gasteiger partial charge in [-0.3, -0.25) is 4.79 Å². The van der Waals surface area contributed by atoms with Crippen molar-refractivity contribution in [1.29, 1.82) is 0 Å². The zero-order valence-electron chi connectivity index (χ0n) is 12.8. The lowest BCUT2D eigenvalue weighted by atomic mass is 9.95. The molecule has 0 bridgehead atoms. The van der Waals surface area contributed by atoms with Crippen molar-refractivity contribution < 1.29 is 14.6 Å². The van der Waals surface area contributed by atoms with E-state index in [1.54, 1.807) is 6.92 Å². The molecule has 1 aromatic carbocycles. The number of rotatable bonds is 5. The Morgan fingerprint density at radius 3 is 2.48 bits per heavy atom. The molecular weight excluding hydrogens is 264 g/mol. The Balaban J connectivity index is 2.43. The second-order valence-corrected chi connectivity index (χ2v) is 5.21. The summed E-state index contributed by atoms with van der Waals surface area (Å²) >= 11 is 0. The van der Waals surface area contributed by atoms with Crippen LogP contribution in [0.4, 0.5) is 0 Å². The maximum Gasteiger partial charge on any atom is 0.272 e. The Morgan fingerprint density at radius 1 is 1.29 bits per heavy atom. The van der Waals surface area contributed by atoms with Crippen LogP contribution in [0.25, 0.3) is 0 Å². The first-order valence-electron chi connectivity index (χ1n) is 7.44. The second kappa shape index (κ2) is 6.27. The van der Waals surface area contributed by atoms with E-state index in [0.717, 1.165) is 17.6 Å². The first kappa shape index (κ1) is 15.5. The maximum atomic E-state index is 12.5. The van der Waals surface area contributed by atoms with Crippen molar-refractivity contribution in [1.82, 2.24) is 0 Å². The summed E-state index contributed by atoms with van der Waals surface area (Å²) in [6.07, 6.45) is 3.43. The Morgan fingerprint density at radius 2 is 1.95 bits per heavy atom. The lowest BCUT2D eigenvalue weighted by molar-refractivity contribution is -0.177. The van der Waals surface area contributed by atoms with Crippen LogP contribution < -0.4 is 0 Å². The number of carbonyl (C=O) groups excluding carboxylic acids is 1. The first-order valence-corrected chi connectivity index (χ1v) is 7.44. The number of allylic oxidation sites excluding steroid dienone is 2. The molecule has 0 spiro atoms. The number of ketones is 1. The van der Waals surface area contributed by atoms with Gasteiger partial charge in [0, 0.05) is 18.4 Å². The monoisotopic (exact) mass is 286 g/mol. The van der Waals surface area contributed by atoms with Crippen LogP contribution in [-0.2, 0) is 16.0 Å². The van der Waals surface area contributed by atoms with Crippen LogP contribution >= 0.6 is 0 Å². The minimum absolute atomic E-state index is 0.244. The molecule has 1 aliphatic rings. The Bertz CT molecular complexity index is 584. The van der Waals surface area contributed by atoms with Crippen molar-refractivity contribution in [2.75, 3.05) is 0 Å². The fraction of sp³-hybridized carbons (Fsp3) is 0.389. The molecule has 1 N–H and O–H groups in total. The molecule has 3 heteroatoms. The molecule has 0 saturated heterocycles. The summed E-state index contributed by atoms with van der Waals surface area (Å²) in [6.45, 7) is 5.69. The predicted molar refractivity (Wildman–Crippen MR) is 82.6 cm³/mol. The minimum Gasteiger partial charge on any atom is -0.454 e. The second-order valence-electron chi connectivity index (χ2n) is 5.21. The summed E-state index contributed by atoms with van der Waals surface area (Å²) in [4.78, 5) is 12.5. The van der Waals surface area contributed by atoms with Crippen molar-refractivity contribution in [2.24, 2.45) is 0 Å². The number of aliphatic hydroxyl groups is 1. The van der Waals surface area contributed by atoms with Gasteiger partial charge in [0.15, 0.2) is 0 Å². The average molecular weight is 286 g/mol. The van der Waals surface area contributed by atoms with E-state index in [-0.39, 0.29) is 12.2 Å². The largest absolute Gasteiger partial charge is 0.454 e. The molecule has 0 fully saturated rings. The third-order valence-corrected chi connectivity index (χ3v) is 3.90. The van der Waals surface area contributed by atoms with E-state index in [2.05, 4.69) is 0 Å². The highest BCUT2D eigenvalue weighted by atomic mass is 16.6. The standard InChI is InChI=1S/C18H22O3/c1-4-14(5-2)16-15(12-13-10-8-7-9-11-13)17(19)18(20,6-3)21-16/h4,7-11,20H,5-6,12H2,1-3H3/b14-4+. The SMILES string of the molecule is C/C=C(\CC)C1=C(Cc2ccccc2)C(=O)C(O)(CC)O1. The number of hydrogen-bond acceptors (Lipinski definition) is 3. The van der Waals surface area contributed by atoms with E-state index in [0.29, 0.717) is 17.8 Å². The average Bonchev–Trinajstić information content (AvgIpc) is 2.76. The Kier molecular flexibility index (Phi) is 4.63. The van der Waals surface area contributed by atoms with Gasteiger partial charge in [-0.05, 0) is 24.5 Å². The summed E-state index contributed by atoms with van der Waals surface area (Å²) in [5.74, 6) is -1.46. The molecule has 21 heavy (non-hydrogen) atoms. The van der Waals surface area contributed by atoms with Crippen LogP contribution in [0.2, 0.25) is 0 Å². The first-order chi connectivity index (χ1) is 10.1. The highest BCUT2D eigenvalue weighted by Crippen LogP contribution is 2.37. The molecule has 1 aliphatic heterocycles. The van der Waals surface area contributed by atoms with Crippen LogP contribution in [0.1, 0.15) is 39.2 Å². The molecule has 0 saturated carbocycles. The highest BCUT2D eigenvalue weighted by molar-refractivity contribution is 6.04. The van der Waals surface area contributed by atoms with E-state index >= 15 is 0 Å². The van der Waals surface area contributed by atoms with Gasteiger partial charge in [0.1, 0.15) is 5.76 Å². The lowest BCUT2D eigenvalue weighted by Gasteiger charge is -2.20. The molecule has 0 aliphatic carbocycles. The van der Waals surface area contributed by atoms with Gasteiger partial charge in [-0.2, -0.15) is 0 Å². The zero-order valence-corrected chi connectivity index (χ0v) is 12.8. The van der Waals surface area contributed by atoms with Crippen LogP contribution in [0.15, 0.2) is 53.3 Å². The molecule has 0 amide bonds. The van der Waals surface area contributed by atoms with Crippen LogP contribution in [0, 0.1) is 0 Å². The van der Waals surface area contributed by atoms with Crippen LogP contribution in [-0.4, -0.2) is 16.7 Å². The summed E-state index contributed by atoms with van der Waals surface area (Å²) in [5.41, 5.74) is 2.56. The van der Waals surface area contributed by atoms with Crippen molar-refractivity contribution in [3.8, 4) is 0 Å². The number of hydrogen-bond donors (Lipinski definition) is 1. The van der Waals surface area contributed by atoms with E-state index < -0.39 is 5.79 Å². The summed E-state index contributed by atoms with van der Waals surface area (Å²) in [7, 11) is 0. The summed E-state index contributed by atoms with van der Waals surface area (Å²) in [6, 6.07) is 9.78. The van der Waals surface area contributed by atoms with Gasteiger partial charge in [0.25, 0.3) is 5.79 Å². The van der Waals surface area contributed by atoms with Crippen molar-refractivity contribution in [3.05, 3.63) is 58.9 Å². The fourth-order valence-corrected chi connectivity index (χ4v) is 2.56. The van der Waals surface area contributed by atoms with E-state index in [1.807, 2.05) is 50.3 Å². The van der Waals surface area contributed by atoms with Crippen molar-refractivity contribution in [3.63, 3.8) is 0 Å². The number of Topliss-reactive ketones (excluding diaryl/α,β-unsaturated/α-hetero) is 1. The quantitative estimate of drug-likeness (QED) is 0.900. The van der Waals surface area contributed by atoms with Gasteiger partial charge in [-0.25, -0.2) is 0 Å². The molecule has 0 radical (unpaired) electrons. The Labute approximate surface area is 125 Å². The molecule has 112 valence electrons. The van der Waals surface area contributed by atoms with Gasteiger partial charge in [0.2, 0.25) is 5.78 Å². The van der Waals surface area contributed by atoms with Gasteiger partial charge >= 0.3 is 0 Å². The molecule has 1 atom stereocenters. The molecular formula is C18H22O3. The van der Waals surface area contributed by atoms with E-state index in [4.69, 9.17) is 4.74 Å². The van der Waals surface area contributed by atoms with Gasteiger partial charge in [0.05, 0.1) is 0 Å². The van der Waals surface area contributed by atoms with Gasteiger partial charge in [-0.15, -0.1) is 0 Å². The molecule has 1 unspecified atom stereocenters. The normalized spacial score (nSPS) is 22.7. The molecule has 1 aromatic rings. The summed E-state index contributed by atoms with van der Waals surface area (Å²) in [5, 5.41) is 10.4. The predicted octanol–water partition coefficient (Wildman–Crippen LogP) is 3.54. The number of ether oxygens (including phenoxy) is 1. The third-order valence-electron chi connectivity index (χ3n) is 3.90. The smallest absolute Gasteiger partial charge is 0.272 e. The van der Waals surface area contributed by atoms with Gasteiger partial charge < -0.3 is 9.84 Å².